The minimum absolute atomic E-state index is 0.00775. The molecule has 0 aromatic heterocycles. The summed E-state index contributed by atoms with van der Waals surface area (Å²) in [5, 5.41) is 22.8. The van der Waals surface area contributed by atoms with Crippen molar-refractivity contribution in [3.05, 3.63) is 83.5 Å². The zero-order valence-electron chi connectivity index (χ0n) is 39.7. The molecule has 0 fully saturated rings. The number of benzene rings is 1. The lowest BCUT2D eigenvalue weighted by molar-refractivity contribution is -0.362. The van der Waals surface area contributed by atoms with Crippen molar-refractivity contribution in [2.24, 2.45) is 0 Å². The molecule has 0 saturated heterocycles. The van der Waals surface area contributed by atoms with Gasteiger partial charge in [0.15, 0.2) is 0 Å². The van der Waals surface area contributed by atoms with Crippen molar-refractivity contribution in [3.8, 4) is 0 Å². The standard InChI is InChI=1S/C53H87NO8/c1-6-9-11-13-15-17-19-21-23-25-27-29-31-33-35-38-50(56)61-52(48-42-41-46(8-3)44-47(48)45-60-49(55)40-37-43-54(4)5)53(58,59)62-51(57)39-36-34-32-30-28-26-24-22-20-18-16-14-12-10-7-2/h15-18,21-24,41-42,44,52,58-59H,6-14,19-20,25-40,43,45H2,1-5H3/b17-15-,18-16-,23-21-,24-22-. The molecule has 0 bridgehead atoms. The van der Waals surface area contributed by atoms with Gasteiger partial charge in [-0.2, -0.15) is 0 Å². The van der Waals surface area contributed by atoms with Gasteiger partial charge in [0.1, 0.15) is 6.61 Å². The minimum Gasteiger partial charge on any atom is -0.461 e. The topological polar surface area (TPSA) is 123 Å². The molecule has 0 saturated carbocycles. The van der Waals surface area contributed by atoms with E-state index >= 15 is 0 Å². The van der Waals surface area contributed by atoms with Crippen LogP contribution in [0.4, 0.5) is 0 Å². The van der Waals surface area contributed by atoms with E-state index in [-0.39, 0.29) is 31.4 Å². The van der Waals surface area contributed by atoms with Gasteiger partial charge in [0.2, 0.25) is 6.10 Å². The maximum absolute atomic E-state index is 13.3. The quantitative estimate of drug-likeness (QED) is 0.0219. The van der Waals surface area contributed by atoms with Crippen LogP contribution < -0.4 is 0 Å². The molecule has 1 rings (SSSR count). The van der Waals surface area contributed by atoms with Crippen molar-refractivity contribution >= 4 is 17.9 Å². The van der Waals surface area contributed by atoms with Gasteiger partial charge in [0, 0.05) is 24.8 Å². The second kappa shape index (κ2) is 38.0. The number of ether oxygens (including phenoxy) is 3. The number of esters is 3. The maximum atomic E-state index is 13.3. The van der Waals surface area contributed by atoms with E-state index in [9.17, 15) is 24.6 Å². The summed E-state index contributed by atoms with van der Waals surface area (Å²) in [6.07, 6.45) is 40.6. The second-order valence-electron chi connectivity index (χ2n) is 16.9. The molecule has 0 amide bonds. The van der Waals surface area contributed by atoms with Crippen LogP contribution in [0.2, 0.25) is 0 Å². The SMILES string of the molecule is CCCCC/C=C\C/C=C\CCCCCCCC(=O)OC(c1ccc(CC)cc1COC(=O)CCCN(C)C)C(O)(O)OC(=O)CCCCCCC/C=C\C/C=C\CCCCC. The van der Waals surface area contributed by atoms with E-state index in [1.807, 2.05) is 25.9 Å². The fourth-order valence-corrected chi connectivity index (χ4v) is 7.00. The van der Waals surface area contributed by atoms with Gasteiger partial charge in [0.25, 0.3) is 0 Å². The number of allylic oxidation sites excluding steroid dienone is 8. The Bertz CT molecular complexity index is 1430. The largest absolute Gasteiger partial charge is 0.461 e. The van der Waals surface area contributed by atoms with Crippen LogP contribution in [0.15, 0.2) is 66.8 Å². The molecule has 0 radical (unpaired) electrons. The number of aliphatic hydroxyl groups is 2. The highest BCUT2D eigenvalue weighted by atomic mass is 16.8. The Labute approximate surface area is 377 Å². The molecule has 1 unspecified atom stereocenters. The number of nitrogens with zero attached hydrogens (tertiary/aromatic N) is 1. The molecular formula is C53H87NO8. The van der Waals surface area contributed by atoms with Crippen LogP contribution in [0.3, 0.4) is 0 Å². The number of aryl methyl sites for hydroxylation is 1. The maximum Gasteiger partial charge on any atom is 0.368 e. The van der Waals surface area contributed by atoms with Crippen LogP contribution >= 0.6 is 0 Å². The zero-order valence-corrected chi connectivity index (χ0v) is 39.7. The Kier molecular flexibility index (Phi) is 34.6. The highest BCUT2D eigenvalue weighted by molar-refractivity contribution is 5.71. The smallest absolute Gasteiger partial charge is 0.368 e. The van der Waals surface area contributed by atoms with Crippen LogP contribution in [-0.4, -0.2) is 59.6 Å². The molecule has 0 spiro atoms. The first-order valence-electron chi connectivity index (χ1n) is 24.4. The van der Waals surface area contributed by atoms with Gasteiger partial charge in [0.05, 0.1) is 0 Å². The Hall–Kier alpha value is -3.53. The minimum atomic E-state index is -3.15. The third-order valence-electron chi connectivity index (χ3n) is 10.8. The van der Waals surface area contributed by atoms with Gasteiger partial charge < -0.3 is 29.3 Å². The summed E-state index contributed by atoms with van der Waals surface area (Å²) in [4.78, 5) is 41.0. The lowest BCUT2D eigenvalue weighted by atomic mass is 9.97. The average Bonchev–Trinajstić information content (AvgIpc) is 3.24. The van der Waals surface area contributed by atoms with Gasteiger partial charge in [-0.05, 0) is 122 Å². The number of carbonyl (C=O) groups excluding carboxylic acids is 3. The molecule has 1 atom stereocenters. The van der Waals surface area contributed by atoms with Crippen LogP contribution in [0.1, 0.15) is 211 Å². The first kappa shape index (κ1) is 56.5. The van der Waals surface area contributed by atoms with E-state index in [1.165, 1.54) is 38.5 Å². The van der Waals surface area contributed by atoms with Gasteiger partial charge in [-0.15, -0.1) is 0 Å². The van der Waals surface area contributed by atoms with Gasteiger partial charge in [-0.25, -0.2) is 0 Å². The molecule has 9 heteroatoms. The molecular weight excluding hydrogens is 779 g/mol. The summed E-state index contributed by atoms with van der Waals surface area (Å²) in [6, 6.07) is 5.21. The summed E-state index contributed by atoms with van der Waals surface area (Å²) >= 11 is 0. The highest BCUT2D eigenvalue weighted by Crippen LogP contribution is 2.34. The first-order chi connectivity index (χ1) is 30.0. The summed E-state index contributed by atoms with van der Waals surface area (Å²) < 4.78 is 16.7. The van der Waals surface area contributed by atoms with E-state index in [0.717, 1.165) is 102 Å². The molecule has 62 heavy (non-hydrogen) atoms. The molecule has 1 aromatic carbocycles. The predicted octanol–water partition coefficient (Wildman–Crippen LogP) is 13.0. The van der Waals surface area contributed by atoms with Crippen molar-refractivity contribution < 1.29 is 38.8 Å². The van der Waals surface area contributed by atoms with Crippen LogP contribution in [0, 0.1) is 0 Å². The summed E-state index contributed by atoms with van der Waals surface area (Å²) in [5.41, 5.74) is 1.56. The average molecular weight is 866 g/mol. The Morgan fingerprint density at radius 3 is 1.56 bits per heavy atom. The van der Waals surface area contributed by atoms with Crippen molar-refractivity contribution in [2.75, 3.05) is 20.6 Å². The molecule has 0 aliphatic heterocycles. The third kappa shape index (κ3) is 30.5. The van der Waals surface area contributed by atoms with E-state index < -0.39 is 30.0 Å². The molecule has 2 N–H and O–H groups in total. The normalized spacial score (nSPS) is 12.7. The molecule has 0 aliphatic carbocycles. The Morgan fingerprint density at radius 1 is 0.597 bits per heavy atom. The van der Waals surface area contributed by atoms with E-state index in [1.54, 1.807) is 18.2 Å². The zero-order chi connectivity index (χ0) is 45.5. The fourth-order valence-electron chi connectivity index (χ4n) is 7.00. The number of hydrogen-bond donors (Lipinski definition) is 2. The summed E-state index contributed by atoms with van der Waals surface area (Å²) in [6.45, 7) is 6.98. The van der Waals surface area contributed by atoms with Gasteiger partial charge in [-0.1, -0.05) is 152 Å². The summed E-state index contributed by atoms with van der Waals surface area (Å²) in [5.74, 6) is -4.98. The van der Waals surface area contributed by atoms with Gasteiger partial charge >= 0.3 is 23.9 Å². The van der Waals surface area contributed by atoms with E-state index in [4.69, 9.17) is 14.2 Å². The molecule has 352 valence electrons. The number of rotatable bonds is 39. The van der Waals surface area contributed by atoms with Crippen molar-refractivity contribution in [1.82, 2.24) is 4.90 Å². The highest BCUT2D eigenvalue weighted by Gasteiger charge is 2.44. The number of hydrogen-bond acceptors (Lipinski definition) is 9. The van der Waals surface area contributed by atoms with Crippen LogP contribution in [-0.2, 0) is 41.6 Å². The van der Waals surface area contributed by atoms with Gasteiger partial charge in [-0.3, -0.25) is 14.4 Å². The Balaban J connectivity index is 2.80. The van der Waals surface area contributed by atoms with Crippen LogP contribution in [0.5, 0.6) is 0 Å². The summed E-state index contributed by atoms with van der Waals surface area (Å²) in [7, 11) is 3.87. The monoisotopic (exact) mass is 866 g/mol. The number of unbranched alkanes of at least 4 members (excludes halogenated alkanes) is 16. The number of carbonyl (C=O) groups is 3. The van der Waals surface area contributed by atoms with Crippen molar-refractivity contribution in [1.29, 1.82) is 0 Å². The van der Waals surface area contributed by atoms with E-state index in [2.05, 4.69) is 62.5 Å². The molecule has 1 aromatic rings. The second-order valence-corrected chi connectivity index (χ2v) is 16.9. The van der Waals surface area contributed by atoms with E-state index in [0.29, 0.717) is 31.2 Å². The molecule has 0 aliphatic rings. The lowest BCUT2D eigenvalue weighted by Crippen LogP contribution is -2.43. The predicted molar refractivity (Wildman–Crippen MR) is 254 cm³/mol. The van der Waals surface area contributed by atoms with Crippen LogP contribution in [0.25, 0.3) is 0 Å². The van der Waals surface area contributed by atoms with Crippen molar-refractivity contribution in [3.63, 3.8) is 0 Å². The first-order valence-corrected chi connectivity index (χ1v) is 24.4. The van der Waals surface area contributed by atoms with Crippen molar-refractivity contribution in [2.45, 2.75) is 213 Å². The lowest BCUT2D eigenvalue weighted by Gasteiger charge is -2.31. The fraction of sp³-hybridized carbons (Fsp3) is 0.679. The Morgan fingerprint density at radius 2 is 1.06 bits per heavy atom. The molecule has 9 nitrogen and oxygen atoms in total. The molecule has 0 heterocycles. The third-order valence-corrected chi connectivity index (χ3v) is 10.8.